The minimum absolute atomic E-state index is 0.105. The van der Waals surface area contributed by atoms with Crippen LogP contribution in [0.5, 0.6) is 5.75 Å². The van der Waals surface area contributed by atoms with E-state index in [1.54, 1.807) is 7.11 Å². The van der Waals surface area contributed by atoms with E-state index in [0.29, 0.717) is 0 Å². The average molecular weight is 348 g/mol. The van der Waals surface area contributed by atoms with Crippen molar-refractivity contribution >= 4 is 16.8 Å². The third-order valence-electron chi connectivity index (χ3n) is 5.53. The van der Waals surface area contributed by atoms with Gasteiger partial charge in [0.2, 0.25) is 0 Å². The van der Waals surface area contributed by atoms with E-state index in [1.807, 2.05) is 40.8 Å². The van der Waals surface area contributed by atoms with Crippen molar-refractivity contribution < 1.29 is 9.53 Å². The van der Waals surface area contributed by atoms with Crippen LogP contribution >= 0.6 is 0 Å². The van der Waals surface area contributed by atoms with E-state index in [9.17, 15) is 4.79 Å². The molecule has 0 radical (unpaired) electrons. The monoisotopic (exact) mass is 348 g/mol. The molecule has 0 saturated carbocycles. The van der Waals surface area contributed by atoms with Gasteiger partial charge in [0.1, 0.15) is 11.4 Å². The summed E-state index contributed by atoms with van der Waals surface area (Å²) in [5, 5.41) is 1.03. The summed E-state index contributed by atoms with van der Waals surface area (Å²) in [4.78, 5) is 15.4. The van der Waals surface area contributed by atoms with Crippen LogP contribution in [0, 0.1) is 6.92 Å². The first-order chi connectivity index (χ1) is 12.6. The molecule has 2 heterocycles. The van der Waals surface area contributed by atoms with Crippen molar-refractivity contribution in [3.05, 3.63) is 65.4 Å². The van der Waals surface area contributed by atoms with Gasteiger partial charge in [-0.1, -0.05) is 24.3 Å². The molecule has 1 aliphatic rings. The fourth-order valence-corrected chi connectivity index (χ4v) is 4.10. The van der Waals surface area contributed by atoms with Crippen molar-refractivity contribution in [3.8, 4) is 5.75 Å². The predicted molar refractivity (Wildman–Crippen MR) is 104 cm³/mol. The van der Waals surface area contributed by atoms with E-state index in [1.165, 1.54) is 11.1 Å². The Morgan fingerprint density at radius 3 is 2.73 bits per heavy atom. The molecule has 4 rings (SSSR count). The quantitative estimate of drug-likeness (QED) is 0.700. The number of nitrogens with zero attached hydrogens (tertiary/aromatic N) is 2. The van der Waals surface area contributed by atoms with Crippen LogP contribution in [-0.4, -0.2) is 29.0 Å². The van der Waals surface area contributed by atoms with Crippen LogP contribution < -0.4 is 4.74 Å². The highest BCUT2D eigenvalue weighted by atomic mass is 16.5. The Bertz CT molecular complexity index is 973. The number of fused-ring (bicyclic) bond motifs is 1. The molecular weight excluding hydrogens is 324 g/mol. The van der Waals surface area contributed by atoms with Crippen molar-refractivity contribution in [2.75, 3.05) is 13.7 Å². The highest BCUT2D eigenvalue weighted by Crippen LogP contribution is 2.35. The van der Waals surface area contributed by atoms with Crippen LogP contribution in [0.4, 0.5) is 0 Å². The van der Waals surface area contributed by atoms with Crippen molar-refractivity contribution in [2.45, 2.75) is 25.8 Å². The zero-order chi connectivity index (χ0) is 18.3. The first-order valence-electron chi connectivity index (χ1n) is 9.10. The summed E-state index contributed by atoms with van der Waals surface area (Å²) in [7, 11) is 3.62. The first-order valence-corrected chi connectivity index (χ1v) is 9.10. The number of methoxy groups -OCH3 is 1. The third-order valence-corrected chi connectivity index (χ3v) is 5.53. The Morgan fingerprint density at radius 1 is 1.15 bits per heavy atom. The van der Waals surface area contributed by atoms with Crippen LogP contribution in [-0.2, 0) is 7.05 Å². The van der Waals surface area contributed by atoms with Crippen LogP contribution in [0.2, 0.25) is 0 Å². The molecule has 134 valence electrons. The van der Waals surface area contributed by atoms with E-state index >= 15 is 0 Å². The molecule has 1 aliphatic heterocycles. The van der Waals surface area contributed by atoms with Crippen molar-refractivity contribution in [2.24, 2.45) is 7.05 Å². The molecule has 0 N–H and O–H groups in total. The van der Waals surface area contributed by atoms with Gasteiger partial charge in [-0.15, -0.1) is 0 Å². The highest BCUT2D eigenvalue weighted by molar-refractivity contribution is 5.99. The van der Waals surface area contributed by atoms with Crippen molar-refractivity contribution in [1.82, 2.24) is 9.47 Å². The lowest BCUT2D eigenvalue weighted by Crippen LogP contribution is -2.32. The number of carbonyl (C=O) groups excluding carboxylic acids is 1. The number of rotatable bonds is 3. The zero-order valence-corrected chi connectivity index (χ0v) is 15.5. The Morgan fingerprint density at radius 2 is 1.96 bits per heavy atom. The number of hydrogen-bond donors (Lipinski definition) is 0. The number of likely N-dealkylation sites (tertiary alicyclic amines) is 1. The van der Waals surface area contributed by atoms with Crippen LogP contribution in [0.1, 0.15) is 40.5 Å². The lowest BCUT2D eigenvalue weighted by atomic mass is 9.99. The molecule has 1 fully saturated rings. The number of carbonyl (C=O) groups is 1. The van der Waals surface area contributed by atoms with Crippen molar-refractivity contribution in [3.63, 3.8) is 0 Å². The van der Waals surface area contributed by atoms with E-state index in [0.717, 1.165) is 41.7 Å². The minimum atomic E-state index is 0.105. The molecule has 0 spiro atoms. The van der Waals surface area contributed by atoms with Gasteiger partial charge in [-0.2, -0.15) is 0 Å². The van der Waals surface area contributed by atoms with Gasteiger partial charge in [0, 0.05) is 24.5 Å². The van der Waals surface area contributed by atoms with Gasteiger partial charge in [-0.25, -0.2) is 0 Å². The summed E-state index contributed by atoms with van der Waals surface area (Å²) >= 11 is 0. The number of hydrogen-bond acceptors (Lipinski definition) is 2. The van der Waals surface area contributed by atoms with Gasteiger partial charge in [-0.05, 0) is 55.2 Å². The summed E-state index contributed by atoms with van der Waals surface area (Å²) in [5.41, 5.74) is 4.28. The maximum absolute atomic E-state index is 13.4. The number of benzene rings is 2. The Hall–Kier alpha value is -2.75. The minimum Gasteiger partial charge on any atom is -0.497 e. The second kappa shape index (κ2) is 6.52. The maximum Gasteiger partial charge on any atom is 0.271 e. The molecular formula is C22H24N2O2. The highest BCUT2D eigenvalue weighted by Gasteiger charge is 2.32. The van der Waals surface area contributed by atoms with Gasteiger partial charge >= 0.3 is 0 Å². The molecule has 1 unspecified atom stereocenters. The SMILES string of the molecule is COc1ccc2c(c1)cc(C(=O)N1CCCC1c1ccccc1C)n2C. The molecule has 0 bridgehead atoms. The smallest absolute Gasteiger partial charge is 0.271 e. The normalized spacial score (nSPS) is 17.0. The zero-order valence-electron chi connectivity index (χ0n) is 15.5. The van der Waals surface area contributed by atoms with E-state index < -0.39 is 0 Å². The standard InChI is InChI=1S/C22H24N2O2/c1-15-7-4-5-8-18(15)20-9-6-12-24(20)22(25)21-14-16-13-17(26-3)10-11-19(16)23(21)2/h4-5,7-8,10-11,13-14,20H,6,9,12H2,1-3H3. The lowest BCUT2D eigenvalue weighted by molar-refractivity contribution is 0.0726. The molecule has 1 saturated heterocycles. The molecule has 0 aliphatic carbocycles. The number of aromatic nitrogens is 1. The molecule has 3 aromatic rings. The fraction of sp³-hybridized carbons (Fsp3) is 0.318. The first kappa shape index (κ1) is 16.7. The molecule has 4 heteroatoms. The molecule has 1 atom stereocenters. The van der Waals surface area contributed by atoms with E-state index in [4.69, 9.17) is 4.74 Å². The summed E-state index contributed by atoms with van der Waals surface area (Å²) in [6.45, 7) is 2.93. The van der Waals surface area contributed by atoms with Crippen molar-refractivity contribution in [1.29, 1.82) is 0 Å². The van der Waals surface area contributed by atoms with Crippen LogP contribution in [0.3, 0.4) is 0 Å². The van der Waals surface area contributed by atoms with Gasteiger partial charge in [0.25, 0.3) is 5.91 Å². The van der Waals surface area contributed by atoms with Crippen LogP contribution in [0.25, 0.3) is 10.9 Å². The average Bonchev–Trinajstić information content (AvgIpc) is 3.26. The third kappa shape index (κ3) is 2.66. The maximum atomic E-state index is 13.4. The topological polar surface area (TPSA) is 34.5 Å². The molecule has 1 amide bonds. The largest absolute Gasteiger partial charge is 0.497 e. The predicted octanol–water partition coefficient (Wildman–Crippen LogP) is 4.47. The van der Waals surface area contributed by atoms with E-state index in [2.05, 4.69) is 31.2 Å². The lowest BCUT2D eigenvalue weighted by Gasteiger charge is -2.26. The molecule has 4 nitrogen and oxygen atoms in total. The molecule has 1 aromatic heterocycles. The van der Waals surface area contributed by atoms with Gasteiger partial charge in [0.05, 0.1) is 13.2 Å². The summed E-state index contributed by atoms with van der Waals surface area (Å²) in [5.74, 6) is 0.912. The molecule has 2 aromatic carbocycles. The van der Waals surface area contributed by atoms with E-state index in [-0.39, 0.29) is 11.9 Å². The summed E-state index contributed by atoms with van der Waals surface area (Å²) in [6, 6.07) is 16.5. The van der Waals surface area contributed by atoms with Gasteiger partial charge in [-0.3, -0.25) is 4.79 Å². The van der Waals surface area contributed by atoms with Crippen LogP contribution in [0.15, 0.2) is 48.5 Å². The summed E-state index contributed by atoms with van der Waals surface area (Å²) in [6.07, 6.45) is 2.07. The number of amides is 1. The Balaban J connectivity index is 1.72. The Labute approximate surface area is 154 Å². The Kier molecular flexibility index (Phi) is 4.19. The molecule has 26 heavy (non-hydrogen) atoms. The second-order valence-corrected chi connectivity index (χ2v) is 7.03. The fourth-order valence-electron chi connectivity index (χ4n) is 4.10. The number of ether oxygens (including phenoxy) is 1. The second-order valence-electron chi connectivity index (χ2n) is 7.03. The number of aryl methyl sites for hydroxylation is 2. The van der Waals surface area contributed by atoms with Gasteiger partial charge in [0.15, 0.2) is 0 Å². The summed E-state index contributed by atoms with van der Waals surface area (Å²) < 4.78 is 7.31. The van der Waals surface area contributed by atoms with Gasteiger partial charge < -0.3 is 14.2 Å².